The average molecular weight is 1190 g/mol. The molecule has 91 heavy (non-hydrogen) atoms. The third-order valence-electron chi connectivity index (χ3n) is 19.6. The van der Waals surface area contributed by atoms with Crippen LogP contribution in [0.2, 0.25) is 0 Å². The minimum atomic E-state index is -3.12. The molecule has 18 rings (SSSR count). The summed E-state index contributed by atoms with van der Waals surface area (Å²) in [5.41, 5.74) is 13.6. The first-order valence-corrected chi connectivity index (χ1v) is 35.7. The molecule has 4 heterocycles. The van der Waals surface area contributed by atoms with Crippen LogP contribution in [0.3, 0.4) is 0 Å². The summed E-state index contributed by atoms with van der Waals surface area (Å²) in [6.45, 7) is 0. The molecule has 0 aliphatic heterocycles. The minimum Gasteiger partial charge on any atom is -0.456 e. The molecule has 0 amide bonds. The number of aromatic nitrogens is 3. The Morgan fingerprint density at radius 2 is 0.648 bits per heavy atom. The van der Waals surface area contributed by atoms with Gasteiger partial charge in [-0.25, -0.2) is 0 Å². The maximum atomic E-state index is 7.20. The van der Waals surface area contributed by atoms with Crippen LogP contribution in [-0.2, 0) is 6.04 Å². The Bertz CT molecular complexity index is 5620. The van der Waals surface area contributed by atoms with Gasteiger partial charge in [-0.15, -0.1) is 0 Å². The molecule has 14 aromatic carbocycles. The maximum Gasteiger partial charge on any atom is 0.184 e. The highest BCUT2D eigenvalue weighted by Gasteiger charge is 2.45. The number of hydrogen-bond donors (Lipinski definition) is 0. The number of hydrogen-bond acceptors (Lipinski definition) is 1. The van der Waals surface area contributed by atoms with E-state index in [4.69, 9.17) is 4.42 Å². The predicted molar refractivity (Wildman–Crippen MR) is 388 cm³/mol. The van der Waals surface area contributed by atoms with E-state index in [9.17, 15) is 0 Å². The summed E-state index contributed by atoms with van der Waals surface area (Å²) in [6.07, 6.45) is 0. The summed E-state index contributed by atoms with van der Waals surface area (Å²) in [4.78, 5) is 0. The highest BCUT2D eigenvalue weighted by molar-refractivity contribution is 7.20. The van der Waals surface area contributed by atoms with Gasteiger partial charge >= 0.3 is 0 Å². The normalized spacial score (nSPS) is 12.2. The van der Waals surface area contributed by atoms with Crippen molar-refractivity contribution in [1.82, 2.24) is 13.7 Å². The van der Waals surface area contributed by atoms with E-state index in [2.05, 4.69) is 359 Å². The summed E-state index contributed by atoms with van der Waals surface area (Å²) in [6, 6.07) is 130. The summed E-state index contributed by atoms with van der Waals surface area (Å²) in [7, 11) is -6.07. The summed E-state index contributed by atoms with van der Waals surface area (Å²) in [5, 5.41) is 18.9. The molecule has 0 unspecified atom stereocenters. The fourth-order valence-electron chi connectivity index (χ4n) is 15.8. The summed E-state index contributed by atoms with van der Waals surface area (Å²) in [5.74, 6) is 0. The van der Waals surface area contributed by atoms with Crippen LogP contribution in [0.1, 0.15) is 5.56 Å². The van der Waals surface area contributed by atoms with Gasteiger partial charge in [0.05, 0.1) is 33.1 Å². The Kier molecular flexibility index (Phi) is 12.3. The molecule has 428 valence electrons. The van der Waals surface area contributed by atoms with Crippen LogP contribution in [0.5, 0.6) is 0 Å². The van der Waals surface area contributed by atoms with Crippen molar-refractivity contribution in [1.29, 1.82) is 0 Å². The van der Waals surface area contributed by atoms with Crippen LogP contribution < -0.4 is 36.3 Å². The molecular formula is C85H59N3OSi2. The molecular weight excluding hydrogens is 1140 g/mol. The van der Waals surface area contributed by atoms with Crippen molar-refractivity contribution in [2.24, 2.45) is 0 Å². The fraction of sp³-hybridized carbons (Fsp3) is 0.0118. The fourth-order valence-corrected chi connectivity index (χ4v) is 25.5. The lowest BCUT2D eigenvalue weighted by Crippen LogP contribution is -2.74. The molecule has 0 bridgehead atoms. The SMILES string of the molecule is c1ccc([Si](Cc2cccc3c2c2ccccc2n3-c2ccc3c(c2)c2ccccc2n3-c2cc([Si](c3ccccc3)(c3ccccc3)c3ccccc3)c3oc4ccccc4c3c2)(c2ccccc2)c2cccc(-n3c4ccccc4c4ccccc43)c2)cc1. The van der Waals surface area contributed by atoms with E-state index in [0.717, 1.165) is 50.4 Å². The first-order chi connectivity index (χ1) is 45.1. The Balaban J connectivity index is 0.849. The molecule has 0 N–H and O–H groups in total. The number of fused-ring (bicyclic) bond motifs is 12. The van der Waals surface area contributed by atoms with Crippen LogP contribution in [-0.4, -0.2) is 29.8 Å². The molecule has 0 fully saturated rings. The molecule has 0 spiro atoms. The molecule has 18 aromatic rings. The lowest BCUT2D eigenvalue weighted by atomic mass is 10.1. The van der Waals surface area contributed by atoms with Gasteiger partial charge < -0.3 is 18.1 Å². The molecule has 6 heteroatoms. The van der Waals surface area contributed by atoms with Crippen LogP contribution in [0.4, 0.5) is 0 Å². The standard InChI is InChI=1S/C85H59N3OSi2/c1-6-30-63(31-7-1)90(64-32-8-2-9-33-64,68-40-27-29-60(54-68)86-76-46-21-16-41-69(76)70-42-17-22-47-77(70)86)58-59-28-26-50-81-84(59)73-45-19-24-49-79(73)87(81)61-52-53-80-74(55-61)71-43-18-23-48-78(71)88(80)62-56-75-72-44-20-25-51-82(72)89-85(75)83(57-62)91(65-34-10-3-11-35-65,66-36-12-4-13-37-66)67-38-14-5-15-39-67/h1-57H,58H2. The van der Waals surface area contributed by atoms with E-state index >= 15 is 0 Å². The molecule has 0 atom stereocenters. The van der Waals surface area contributed by atoms with Gasteiger partial charge in [-0.05, 0) is 127 Å². The maximum absolute atomic E-state index is 7.20. The second-order valence-corrected chi connectivity index (χ2v) is 31.9. The van der Waals surface area contributed by atoms with Crippen molar-refractivity contribution >= 4 is 140 Å². The molecule has 0 radical (unpaired) electrons. The van der Waals surface area contributed by atoms with Crippen molar-refractivity contribution in [3.05, 3.63) is 351 Å². The minimum absolute atomic E-state index is 0.844. The average Bonchev–Trinajstić information content (AvgIpc) is 1.24. The summed E-state index contributed by atoms with van der Waals surface area (Å²) >= 11 is 0. The van der Waals surface area contributed by atoms with E-state index in [1.54, 1.807) is 0 Å². The smallest absolute Gasteiger partial charge is 0.184 e. The monoisotopic (exact) mass is 1190 g/mol. The van der Waals surface area contributed by atoms with Crippen molar-refractivity contribution in [2.45, 2.75) is 6.04 Å². The van der Waals surface area contributed by atoms with Crippen molar-refractivity contribution < 1.29 is 4.42 Å². The predicted octanol–water partition coefficient (Wildman–Crippen LogP) is 16.5. The zero-order chi connectivity index (χ0) is 60.0. The van der Waals surface area contributed by atoms with Gasteiger partial charge in [-0.1, -0.05) is 267 Å². The third-order valence-corrected chi connectivity index (χ3v) is 29.2. The van der Waals surface area contributed by atoms with Gasteiger partial charge in [0, 0.05) is 60.2 Å². The molecule has 0 saturated heterocycles. The van der Waals surface area contributed by atoms with E-state index in [1.165, 1.54) is 102 Å². The van der Waals surface area contributed by atoms with E-state index < -0.39 is 16.1 Å². The van der Waals surface area contributed by atoms with Crippen molar-refractivity contribution in [3.63, 3.8) is 0 Å². The van der Waals surface area contributed by atoms with Gasteiger partial charge in [0.1, 0.15) is 11.2 Å². The highest BCUT2D eigenvalue weighted by atomic mass is 28.3. The zero-order valence-corrected chi connectivity index (χ0v) is 51.9. The highest BCUT2D eigenvalue weighted by Crippen LogP contribution is 2.41. The number of rotatable bonds is 12. The topological polar surface area (TPSA) is 27.9 Å². The largest absolute Gasteiger partial charge is 0.456 e. The first kappa shape index (κ1) is 52.8. The van der Waals surface area contributed by atoms with Gasteiger partial charge in [0.15, 0.2) is 16.1 Å². The molecule has 0 saturated carbocycles. The Labute approximate surface area is 529 Å². The number of para-hydroxylation sites is 5. The van der Waals surface area contributed by atoms with Gasteiger partial charge in [0.25, 0.3) is 0 Å². The van der Waals surface area contributed by atoms with Crippen LogP contribution in [0.15, 0.2) is 350 Å². The third kappa shape index (κ3) is 8.06. The molecule has 4 nitrogen and oxygen atoms in total. The second-order valence-electron chi connectivity index (χ2n) is 24.3. The van der Waals surface area contributed by atoms with E-state index in [-0.39, 0.29) is 0 Å². The van der Waals surface area contributed by atoms with Crippen LogP contribution >= 0.6 is 0 Å². The zero-order valence-electron chi connectivity index (χ0n) is 49.9. The van der Waals surface area contributed by atoms with E-state index in [1.807, 2.05) is 0 Å². The quantitative estimate of drug-likeness (QED) is 0.0885. The van der Waals surface area contributed by atoms with Crippen LogP contribution in [0, 0.1) is 0 Å². The molecule has 0 aliphatic carbocycles. The Hall–Kier alpha value is -11.3. The van der Waals surface area contributed by atoms with Crippen LogP contribution in [0.25, 0.3) is 104 Å². The first-order valence-electron chi connectivity index (χ1n) is 31.5. The summed E-state index contributed by atoms with van der Waals surface area (Å²) < 4.78 is 14.7. The van der Waals surface area contributed by atoms with Gasteiger partial charge in [-0.2, -0.15) is 0 Å². The molecule has 0 aliphatic rings. The van der Waals surface area contributed by atoms with Crippen molar-refractivity contribution in [2.75, 3.05) is 0 Å². The van der Waals surface area contributed by atoms with E-state index in [0.29, 0.717) is 0 Å². The Morgan fingerprint density at radius 3 is 1.22 bits per heavy atom. The second kappa shape index (κ2) is 21.2. The van der Waals surface area contributed by atoms with Crippen molar-refractivity contribution in [3.8, 4) is 17.1 Å². The van der Waals surface area contributed by atoms with Gasteiger partial charge in [-0.3, -0.25) is 0 Å². The number of furan rings is 1. The van der Waals surface area contributed by atoms with Gasteiger partial charge in [0.2, 0.25) is 0 Å². The number of benzene rings is 14. The lowest BCUT2D eigenvalue weighted by molar-refractivity contribution is 0.671. The molecule has 4 aromatic heterocycles. The Morgan fingerprint density at radius 1 is 0.253 bits per heavy atom. The number of nitrogens with zero attached hydrogens (tertiary/aromatic N) is 3. The lowest BCUT2D eigenvalue weighted by Gasteiger charge is -2.34.